The number of thiazole rings is 5. The number of aryl methyl sites for hydroxylation is 5. The van der Waals surface area contributed by atoms with Gasteiger partial charge in [0.25, 0.3) is 10.1 Å². The van der Waals surface area contributed by atoms with Gasteiger partial charge in [-0.1, -0.05) is 120 Å². The molecule has 2 fully saturated rings. The van der Waals surface area contributed by atoms with E-state index >= 15 is 0 Å². The molecule has 5 heterocycles. The van der Waals surface area contributed by atoms with Crippen molar-refractivity contribution in [1.82, 2.24) is 30.2 Å². The van der Waals surface area contributed by atoms with Gasteiger partial charge in [0.15, 0.2) is 36.6 Å². The Balaban J connectivity index is 0.000000476. The van der Waals surface area contributed by atoms with Crippen molar-refractivity contribution in [2.24, 2.45) is 29.0 Å². The molecule has 126 heavy (non-hydrogen) atoms. The standard InChI is InChI=1S/C18H15P.C9H15N3S.C9H14N2O3S2.C9H12N2OS.C8H11BrO2.C8H13N3S.C8H12N2OS.C8H12O2.C4H10O.C2H6O.CH3ClO2S.CH4N2S.Br2.ClH/c1-4-10-16(11-5-1)19(17-12-6-2-7-13-17)18-14-8-3-9-15-18;1-11-5-6-3-2-4-7-8(6)12-9(10)13-7;1-16(12,13)14-5-6-3-2-4-7-8(6)11-9(10)15-7;1-5(12)6-3-2-4-7-8(6)11-9(10)13-7;1-5(10)6-3-2-4-7(9)8(6)11;9-4-5-2-1-3-6-7(5)11-8(10)12-6;9-8-10-7-5(4-11)2-1-3-6(7)12-8;1-6(9)7-4-2-3-5-8(7)10;1-3-5-4-2;1-2-3;1-5(2,3)4;2-1(3)4;1-2;/h1-15H;6,11H,2-5H2,1H3,(H2,10,12);6H,2-5H2,1H3,(H2,10,11);6H,2-4H2,1H3,(H2,10,11);6-7H,2-4H2,1H3;5H,1-4,9H2,(H2,10,11);5,11H,1-4H2,(H2,9,10);7H,2-5H2,1H3;3-4H2,1-2H3;3H,2H2,1H3;1H3;(H4,2,3,4);;1H. The summed E-state index contributed by atoms with van der Waals surface area (Å²) in [6.45, 7) is 14.3. The average Bonchev–Trinajstić information content (AvgIpc) is 1.47. The third kappa shape index (κ3) is 44.5. The van der Waals surface area contributed by atoms with E-state index < -0.39 is 27.1 Å². The molecule has 3 aromatic carbocycles. The van der Waals surface area contributed by atoms with E-state index in [0.717, 1.165) is 157 Å². The molecular formula is C85H128Br3Cl2N14O13PS8. The Morgan fingerprint density at radius 3 is 1.16 bits per heavy atom. The highest BCUT2D eigenvalue weighted by atomic mass is 80.9. The number of Topliss-reactive ketones (excluding diaryl/α,β-unsaturated/α-hetero) is 5. The Morgan fingerprint density at radius 2 is 0.833 bits per heavy atom. The van der Waals surface area contributed by atoms with Crippen LogP contribution in [0.4, 0.5) is 25.7 Å². The van der Waals surface area contributed by atoms with Crippen molar-refractivity contribution in [2.45, 2.75) is 217 Å². The predicted molar refractivity (Wildman–Crippen MR) is 543 cm³/mol. The molecule has 704 valence electrons. The normalized spacial score (nSPS) is 18.9. The summed E-state index contributed by atoms with van der Waals surface area (Å²) in [6.07, 6.45) is 24.5. The number of hydrogen-bond acceptors (Lipinski definition) is 31. The molecular weight excluding hydrogens is 2020 g/mol. The van der Waals surface area contributed by atoms with Gasteiger partial charge in [-0.2, -0.15) is 8.42 Å². The Hall–Kier alpha value is -5.04. The fourth-order valence-electron chi connectivity index (χ4n) is 14.4. The average molecular weight is 2150 g/mol. The number of rotatable bonds is 15. The number of nitrogens with two attached hydrogens (primary N) is 8. The summed E-state index contributed by atoms with van der Waals surface area (Å²) in [7, 11) is -0.523. The molecule has 7 aliphatic rings. The lowest BCUT2D eigenvalue weighted by molar-refractivity contribution is -0.134. The first-order chi connectivity index (χ1) is 59.4. The van der Waals surface area contributed by atoms with E-state index in [4.69, 9.17) is 53.5 Å². The fraction of sp³-hybridized carbons (Fsp3) is 0.541. The van der Waals surface area contributed by atoms with Gasteiger partial charge in [-0.3, -0.25) is 28.2 Å². The van der Waals surface area contributed by atoms with Gasteiger partial charge in [-0.15, -0.1) is 69.1 Å². The van der Waals surface area contributed by atoms with E-state index in [-0.39, 0.29) is 101 Å². The monoisotopic (exact) mass is 2150 g/mol. The number of nitrogen functional groups attached to an aromatic ring is 5. The van der Waals surface area contributed by atoms with Crippen LogP contribution in [0.15, 0.2) is 91.0 Å². The number of aliphatic hydroxyl groups is 2. The minimum atomic E-state index is -3.37. The Kier molecular flexibility index (Phi) is 59.4. The summed E-state index contributed by atoms with van der Waals surface area (Å²) in [5.41, 5.74) is 48.5. The fourth-order valence-corrected chi connectivity index (χ4v) is 22.5. The number of nitrogens with one attached hydrogen (secondary N) is 1. The van der Waals surface area contributed by atoms with Gasteiger partial charge in [0.05, 0.1) is 76.8 Å². The molecule has 5 aromatic heterocycles. The second-order valence-electron chi connectivity index (χ2n) is 29.5. The summed E-state index contributed by atoms with van der Waals surface area (Å²) in [5, 5.41) is 27.3. The number of carbonyl (C=O) groups excluding carboxylic acids is 5. The van der Waals surface area contributed by atoms with E-state index in [9.17, 15) is 40.8 Å². The zero-order valence-electron chi connectivity index (χ0n) is 73.2. The van der Waals surface area contributed by atoms with E-state index in [1.165, 1.54) is 120 Å². The third-order valence-electron chi connectivity index (χ3n) is 19.8. The van der Waals surface area contributed by atoms with Crippen molar-refractivity contribution in [3.05, 3.63) is 144 Å². The van der Waals surface area contributed by atoms with E-state index in [1.807, 2.05) is 20.9 Å². The number of aliphatic hydroxyl groups excluding tert-OH is 2. The molecule has 8 atom stereocenters. The van der Waals surface area contributed by atoms with Crippen molar-refractivity contribution in [3.8, 4) is 0 Å². The van der Waals surface area contributed by atoms with Gasteiger partial charge in [-0.05, 0) is 207 Å². The van der Waals surface area contributed by atoms with E-state index in [2.05, 4.69) is 200 Å². The Morgan fingerprint density at radius 1 is 0.516 bits per heavy atom. The van der Waals surface area contributed by atoms with Crippen LogP contribution in [0.5, 0.6) is 0 Å². The first kappa shape index (κ1) is 117. The SMILES string of the molecule is BrBr.CC(=O)C1CCCC(Br)C1=O.CC(=O)C1CCCCC1=O.CC(=O)C1CCCc2sc(N)nc21.CCO.CCOCC.CNCC1CCCc2sc(N)nc21.CS(=O)(=O)Cl.CS(=O)(=O)OCC1CCCc2sc(N)nc21.Cl.NC(N)=S.NCC1CCCc2sc(N)nc21.Nc1nc2c(s1)CCCC2CO.c1ccc(P(c2ccccc2)c2ccccc2)cc1. The number of thiocarbonyl (C=S) groups is 1. The molecule has 2 saturated carbocycles. The molecule has 0 radical (unpaired) electrons. The van der Waals surface area contributed by atoms with Gasteiger partial charge in [0.1, 0.15) is 23.1 Å². The number of halogens is 5. The molecule has 0 amide bonds. The molecule has 8 aromatic rings. The summed E-state index contributed by atoms with van der Waals surface area (Å²) in [5.74, 6) is 1.27. The number of ether oxygens (including phenoxy) is 1. The number of aromatic nitrogens is 5. The number of anilines is 5. The minimum Gasteiger partial charge on any atom is -0.397 e. The Labute approximate surface area is 805 Å². The summed E-state index contributed by atoms with van der Waals surface area (Å²) in [4.78, 5) is 83.1. The topological polar surface area (TPSA) is 497 Å². The summed E-state index contributed by atoms with van der Waals surface area (Å²) < 4.78 is 50.3. The van der Waals surface area contributed by atoms with Gasteiger partial charge in [0, 0.05) is 126 Å². The van der Waals surface area contributed by atoms with Crippen LogP contribution in [-0.2, 0) is 84.2 Å². The highest BCUT2D eigenvalue weighted by molar-refractivity contribution is 9.93. The van der Waals surface area contributed by atoms with Gasteiger partial charge >= 0.3 is 0 Å². The second-order valence-corrected chi connectivity index (χ2v) is 43.6. The van der Waals surface area contributed by atoms with Crippen molar-refractivity contribution < 1.29 is 59.9 Å². The van der Waals surface area contributed by atoms with Crippen LogP contribution in [-0.4, -0.2) is 157 Å². The van der Waals surface area contributed by atoms with Crippen molar-refractivity contribution in [2.75, 3.05) is 94.4 Å². The van der Waals surface area contributed by atoms with Gasteiger partial charge in [-0.25, -0.2) is 33.3 Å². The number of carbonyl (C=O) groups is 5. The lowest BCUT2D eigenvalue weighted by atomic mass is 9.85. The lowest BCUT2D eigenvalue weighted by Crippen LogP contribution is -2.32. The zero-order chi connectivity index (χ0) is 93.4. The number of nitrogens with zero attached hydrogens (tertiary/aromatic N) is 5. The smallest absolute Gasteiger partial charge is 0.264 e. The molecule has 27 nitrogen and oxygen atoms in total. The lowest BCUT2D eigenvalue weighted by Gasteiger charge is -2.21. The number of fused-ring (bicyclic) bond motifs is 5. The van der Waals surface area contributed by atoms with Crippen molar-refractivity contribution >= 4 is 239 Å². The number of likely N-dealkylation sites (N-methyl/N-ethyl adjacent to an activating group) is 1. The van der Waals surface area contributed by atoms with Crippen LogP contribution < -0.4 is 67.1 Å². The van der Waals surface area contributed by atoms with Crippen LogP contribution in [0.2, 0.25) is 0 Å². The molecule has 8 unspecified atom stereocenters. The largest absolute Gasteiger partial charge is 0.397 e. The van der Waals surface area contributed by atoms with E-state index in [1.54, 1.807) is 47.9 Å². The van der Waals surface area contributed by atoms with Crippen LogP contribution >= 0.6 is 144 Å². The maximum absolute atomic E-state index is 11.3. The molecule has 0 saturated heterocycles. The molecule has 0 spiro atoms. The minimum absolute atomic E-state index is 0. The van der Waals surface area contributed by atoms with Crippen LogP contribution in [0.1, 0.15) is 233 Å². The van der Waals surface area contributed by atoms with Crippen LogP contribution in [0.25, 0.3) is 0 Å². The highest BCUT2D eigenvalue weighted by Crippen LogP contribution is 2.41. The maximum Gasteiger partial charge on any atom is 0.264 e. The summed E-state index contributed by atoms with van der Waals surface area (Å²) >= 11 is 20.7. The Bertz CT molecular complexity index is 4580. The molecule has 41 heteroatoms. The van der Waals surface area contributed by atoms with Crippen LogP contribution in [0, 0.1) is 11.8 Å². The maximum atomic E-state index is 11.3. The van der Waals surface area contributed by atoms with Crippen molar-refractivity contribution in [1.29, 1.82) is 0 Å². The first-order valence-corrected chi connectivity index (χ1v) is 56.4. The molecule has 19 N–H and O–H groups in total. The van der Waals surface area contributed by atoms with Gasteiger partial charge < -0.3 is 66.1 Å². The molecule has 7 aliphatic carbocycles. The van der Waals surface area contributed by atoms with E-state index in [0.29, 0.717) is 45.3 Å². The number of benzene rings is 3. The number of hydrogen-bond donors (Lipinski definition) is 11. The zero-order valence-corrected chi connectivity index (χ0v) is 86.9. The van der Waals surface area contributed by atoms with Crippen molar-refractivity contribution in [3.63, 3.8) is 0 Å². The molecule has 0 bridgehead atoms. The third-order valence-corrected chi connectivity index (χ3v) is 28.6. The number of alkyl halides is 1. The number of ketones is 5. The first-order valence-electron chi connectivity index (χ1n) is 41.4. The van der Waals surface area contributed by atoms with Gasteiger partial charge in [0.2, 0.25) is 9.05 Å². The molecule has 0 aliphatic heterocycles. The quantitative estimate of drug-likeness (QED) is 0.0113. The highest BCUT2D eigenvalue weighted by Gasteiger charge is 2.34. The predicted octanol–water partition coefficient (Wildman–Crippen LogP) is 15.5. The second kappa shape index (κ2) is 63.9. The van der Waals surface area contributed by atoms with Crippen LogP contribution in [0.3, 0.4) is 0 Å². The summed E-state index contributed by atoms with van der Waals surface area (Å²) in [6, 6.07) is 32.3. The molecule has 15 rings (SSSR count).